The van der Waals surface area contributed by atoms with Crippen LogP contribution >= 0.6 is 0 Å². The number of hydrogen-bond donors (Lipinski definition) is 4. The van der Waals surface area contributed by atoms with Crippen molar-refractivity contribution in [1.29, 1.82) is 0 Å². The average Bonchev–Trinajstić information content (AvgIpc) is 3.22. The first-order valence-electron chi connectivity index (χ1n) is 9.52. The molecule has 0 saturated carbocycles. The molecular formula is C22H23N3O4. The number of carbonyl (C=O) groups is 1. The third-order valence-electron chi connectivity index (χ3n) is 5.31. The van der Waals surface area contributed by atoms with Crippen LogP contribution in [-0.4, -0.2) is 49.5 Å². The highest BCUT2D eigenvalue weighted by molar-refractivity contribution is 6.00. The largest absolute Gasteiger partial charge is 0.508 e. The van der Waals surface area contributed by atoms with Gasteiger partial charge in [0.2, 0.25) is 0 Å². The van der Waals surface area contributed by atoms with Crippen LogP contribution in [0.4, 0.5) is 0 Å². The number of aliphatic hydroxyl groups excluding tert-OH is 1. The number of aliphatic hydroxyl groups is 1. The Hall–Kier alpha value is -3.32. The highest BCUT2D eigenvalue weighted by atomic mass is 16.3. The summed E-state index contributed by atoms with van der Waals surface area (Å²) in [6, 6.07) is 10.0. The third-order valence-corrected chi connectivity index (χ3v) is 5.31. The Morgan fingerprint density at radius 2 is 1.97 bits per heavy atom. The highest BCUT2D eigenvalue weighted by Gasteiger charge is 2.42. The predicted molar refractivity (Wildman–Crippen MR) is 108 cm³/mol. The van der Waals surface area contributed by atoms with Gasteiger partial charge in [0.15, 0.2) is 0 Å². The average molecular weight is 393 g/mol. The summed E-state index contributed by atoms with van der Waals surface area (Å²) in [6.07, 6.45) is 0.433. The van der Waals surface area contributed by atoms with Gasteiger partial charge >= 0.3 is 0 Å². The number of phenols is 2. The number of phenolic OH excluding ortho intramolecular Hbond substituents is 2. The number of aromatic hydroxyl groups is 2. The molecule has 1 aliphatic heterocycles. The number of aryl methyl sites for hydroxylation is 2. The number of nitrogens with one attached hydrogen (secondary N) is 1. The zero-order chi connectivity index (χ0) is 20.7. The van der Waals surface area contributed by atoms with Gasteiger partial charge in [-0.15, -0.1) is 0 Å². The van der Waals surface area contributed by atoms with Crippen molar-refractivity contribution in [3.63, 3.8) is 0 Å². The van der Waals surface area contributed by atoms with Gasteiger partial charge in [-0.25, -0.2) is 0 Å². The van der Waals surface area contributed by atoms with E-state index in [-0.39, 0.29) is 24.0 Å². The summed E-state index contributed by atoms with van der Waals surface area (Å²) in [5.74, 6) is 0.00928. The Kier molecular flexibility index (Phi) is 4.76. The van der Waals surface area contributed by atoms with E-state index in [4.69, 9.17) is 0 Å². The molecule has 4 N–H and O–H groups in total. The molecule has 150 valence electrons. The zero-order valence-electron chi connectivity index (χ0n) is 16.3. The van der Waals surface area contributed by atoms with Crippen LogP contribution in [0.1, 0.15) is 45.2 Å². The quantitative estimate of drug-likeness (QED) is 0.533. The van der Waals surface area contributed by atoms with E-state index < -0.39 is 6.04 Å². The molecule has 1 unspecified atom stereocenters. The van der Waals surface area contributed by atoms with E-state index >= 15 is 0 Å². The van der Waals surface area contributed by atoms with E-state index in [0.29, 0.717) is 35.5 Å². The van der Waals surface area contributed by atoms with Crippen LogP contribution in [0.25, 0.3) is 11.3 Å². The molecule has 1 amide bonds. The maximum absolute atomic E-state index is 13.1. The molecule has 0 saturated heterocycles. The number of nitrogens with zero attached hydrogens (tertiary/aromatic N) is 2. The second-order valence-corrected chi connectivity index (χ2v) is 7.41. The number of amides is 1. The molecule has 0 aliphatic carbocycles. The van der Waals surface area contributed by atoms with Crippen LogP contribution in [0.5, 0.6) is 11.5 Å². The van der Waals surface area contributed by atoms with E-state index in [1.165, 1.54) is 0 Å². The first kappa shape index (κ1) is 19.0. The summed E-state index contributed by atoms with van der Waals surface area (Å²) in [6.45, 7) is 4.09. The van der Waals surface area contributed by atoms with E-state index in [1.807, 2.05) is 32.0 Å². The molecule has 1 aliphatic rings. The second-order valence-electron chi connectivity index (χ2n) is 7.41. The van der Waals surface area contributed by atoms with Gasteiger partial charge in [0.25, 0.3) is 5.91 Å². The highest BCUT2D eigenvalue weighted by Crippen LogP contribution is 2.45. The number of carbonyl (C=O) groups excluding carboxylic acids is 1. The lowest BCUT2D eigenvalue weighted by molar-refractivity contribution is 0.0732. The maximum Gasteiger partial charge on any atom is 0.273 e. The first-order chi connectivity index (χ1) is 13.9. The van der Waals surface area contributed by atoms with Gasteiger partial charge in [-0.1, -0.05) is 18.2 Å². The van der Waals surface area contributed by atoms with Gasteiger partial charge in [0, 0.05) is 24.3 Å². The molecule has 7 nitrogen and oxygen atoms in total. The molecule has 0 fully saturated rings. The van der Waals surface area contributed by atoms with Crippen LogP contribution in [0.2, 0.25) is 0 Å². The zero-order valence-corrected chi connectivity index (χ0v) is 16.3. The number of benzene rings is 2. The molecule has 3 aromatic rings. The molecular weight excluding hydrogens is 370 g/mol. The summed E-state index contributed by atoms with van der Waals surface area (Å²) < 4.78 is 0. The minimum Gasteiger partial charge on any atom is -0.508 e. The number of H-pyrrole nitrogens is 1. The molecule has 4 rings (SSSR count). The molecule has 0 bridgehead atoms. The van der Waals surface area contributed by atoms with Crippen LogP contribution in [-0.2, 0) is 0 Å². The lowest BCUT2D eigenvalue weighted by Crippen LogP contribution is -2.31. The van der Waals surface area contributed by atoms with Crippen LogP contribution in [0, 0.1) is 13.8 Å². The molecule has 2 heterocycles. The fraction of sp³-hybridized carbons (Fsp3) is 0.273. The van der Waals surface area contributed by atoms with Gasteiger partial charge in [-0.2, -0.15) is 5.10 Å². The number of fused-ring (bicyclic) bond motifs is 1. The van der Waals surface area contributed by atoms with E-state index in [0.717, 1.165) is 16.7 Å². The number of rotatable bonds is 5. The smallest absolute Gasteiger partial charge is 0.273 e. The molecule has 29 heavy (non-hydrogen) atoms. The number of hydrogen-bond acceptors (Lipinski definition) is 5. The van der Waals surface area contributed by atoms with Crippen molar-refractivity contribution >= 4 is 5.91 Å². The Bertz CT molecular complexity index is 1090. The summed E-state index contributed by atoms with van der Waals surface area (Å²) in [5.41, 5.74) is 4.54. The lowest BCUT2D eigenvalue weighted by atomic mass is 9.94. The van der Waals surface area contributed by atoms with E-state index in [2.05, 4.69) is 10.2 Å². The SMILES string of the molecule is Cc1cc(C)c(O)c(-c2n[nH]c3c2C(c2cccc(O)c2)N(CCCO)C3=O)c1. The summed E-state index contributed by atoms with van der Waals surface area (Å²) in [4.78, 5) is 14.7. The van der Waals surface area contributed by atoms with Crippen LogP contribution in [0.3, 0.4) is 0 Å². The van der Waals surface area contributed by atoms with Gasteiger partial charge in [0.05, 0.1) is 6.04 Å². The van der Waals surface area contributed by atoms with Crippen LogP contribution < -0.4 is 0 Å². The van der Waals surface area contributed by atoms with Crippen molar-refractivity contribution in [2.24, 2.45) is 0 Å². The van der Waals surface area contributed by atoms with Crippen molar-refractivity contribution in [3.05, 3.63) is 64.3 Å². The van der Waals surface area contributed by atoms with E-state index in [1.54, 1.807) is 23.1 Å². The minimum atomic E-state index is -0.481. The third kappa shape index (κ3) is 3.13. The molecule has 0 radical (unpaired) electrons. The van der Waals surface area contributed by atoms with Crippen molar-refractivity contribution in [2.75, 3.05) is 13.2 Å². The topological polar surface area (TPSA) is 110 Å². The fourth-order valence-corrected chi connectivity index (χ4v) is 4.06. The van der Waals surface area contributed by atoms with Crippen molar-refractivity contribution < 1.29 is 20.1 Å². The van der Waals surface area contributed by atoms with Crippen molar-refractivity contribution in [3.8, 4) is 22.8 Å². The Morgan fingerprint density at radius 1 is 1.17 bits per heavy atom. The van der Waals surface area contributed by atoms with Gasteiger partial charge < -0.3 is 20.2 Å². The van der Waals surface area contributed by atoms with Gasteiger partial charge in [0.1, 0.15) is 22.9 Å². The lowest BCUT2D eigenvalue weighted by Gasteiger charge is -2.26. The molecule has 1 atom stereocenters. The molecule has 7 heteroatoms. The van der Waals surface area contributed by atoms with Crippen molar-refractivity contribution in [2.45, 2.75) is 26.3 Å². The Morgan fingerprint density at radius 3 is 2.69 bits per heavy atom. The van der Waals surface area contributed by atoms with Gasteiger partial charge in [-0.3, -0.25) is 9.89 Å². The molecule has 0 spiro atoms. The fourth-order valence-electron chi connectivity index (χ4n) is 4.06. The summed E-state index contributed by atoms with van der Waals surface area (Å²) in [7, 11) is 0. The second kappa shape index (κ2) is 7.25. The normalized spacial score (nSPS) is 15.8. The standard InChI is InChI=1S/C22H23N3O4/c1-12-9-13(2)21(28)16(10-12)18-17-19(24-23-18)22(29)25(7-4-8-26)20(17)14-5-3-6-15(27)11-14/h3,5-6,9-11,20,26-28H,4,7-8H2,1-2H3,(H,23,24). The molecule has 1 aromatic heterocycles. The monoisotopic (exact) mass is 393 g/mol. The van der Waals surface area contributed by atoms with E-state index in [9.17, 15) is 20.1 Å². The Balaban J connectivity index is 1.92. The Labute approximate surface area is 168 Å². The van der Waals surface area contributed by atoms with Crippen molar-refractivity contribution in [1.82, 2.24) is 15.1 Å². The summed E-state index contributed by atoms with van der Waals surface area (Å²) in [5, 5.41) is 37.2. The number of aromatic amines is 1. The predicted octanol–water partition coefficient (Wildman–Crippen LogP) is 3.03. The van der Waals surface area contributed by atoms with Crippen LogP contribution in [0.15, 0.2) is 36.4 Å². The number of aromatic nitrogens is 2. The summed E-state index contributed by atoms with van der Waals surface area (Å²) >= 11 is 0. The maximum atomic E-state index is 13.1. The first-order valence-corrected chi connectivity index (χ1v) is 9.52. The molecule has 2 aromatic carbocycles. The minimum absolute atomic E-state index is 0.0343. The van der Waals surface area contributed by atoms with Gasteiger partial charge in [-0.05, 0) is 55.2 Å².